The van der Waals surface area contributed by atoms with Gasteiger partial charge in [-0.3, -0.25) is 0 Å². The summed E-state index contributed by atoms with van der Waals surface area (Å²) in [4.78, 5) is 1.11. The van der Waals surface area contributed by atoms with Crippen LogP contribution >= 0.6 is 12.0 Å². The molecule has 1 rings (SSSR count). The monoisotopic (exact) mass is 153 g/mol. The molecule has 0 unspecified atom stereocenters. The van der Waals surface area contributed by atoms with Gasteiger partial charge in [0, 0.05) is 16.9 Å². The number of benzene rings is 1. The number of hydrogen-bond donors (Lipinski definition) is 0. The molecule has 1 aromatic carbocycles. The average molecular weight is 153 g/mol. The Hall–Kier alpha value is -0.470. The fraction of sp³-hybridized carbons (Fsp3) is 0.125. The summed E-state index contributed by atoms with van der Waals surface area (Å²) in [6, 6.07) is 7.88. The first-order chi connectivity index (χ1) is 4.83. The van der Waals surface area contributed by atoms with E-state index in [2.05, 4.69) is 6.92 Å². The van der Waals surface area contributed by atoms with Crippen LogP contribution in [0.3, 0.4) is 0 Å². The predicted molar refractivity (Wildman–Crippen MR) is 43.8 cm³/mol. The van der Waals surface area contributed by atoms with Crippen molar-refractivity contribution in [3.63, 3.8) is 0 Å². The molecule has 1 radical (unpaired) electrons. The molecule has 0 bridgehead atoms. The summed E-state index contributed by atoms with van der Waals surface area (Å²) < 4.78 is 4.86. The first-order valence-electron chi connectivity index (χ1n) is 2.95. The van der Waals surface area contributed by atoms with Crippen LogP contribution in [0.2, 0.25) is 0 Å². The first kappa shape index (κ1) is 7.63. The van der Waals surface area contributed by atoms with Gasteiger partial charge in [-0.15, -0.1) is 0 Å². The summed E-state index contributed by atoms with van der Waals surface area (Å²) in [6.07, 6.45) is 0. The Morgan fingerprint density at radius 3 is 2.40 bits per heavy atom. The predicted octanol–water partition coefficient (Wildman–Crippen LogP) is 2.52. The van der Waals surface area contributed by atoms with E-state index in [1.165, 1.54) is 12.0 Å². The molecule has 0 spiro atoms. The second kappa shape index (κ2) is 3.64. The van der Waals surface area contributed by atoms with Gasteiger partial charge in [-0.25, -0.2) is 0 Å². The average Bonchev–Trinajstić information content (AvgIpc) is 1.95. The van der Waals surface area contributed by atoms with Crippen molar-refractivity contribution in [2.24, 2.45) is 0 Å². The molecule has 10 heavy (non-hydrogen) atoms. The van der Waals surface area contributed by atoms with E-state index >= 15 is 0 Å². The van der Waals surface area contributed by atoms with Crippen LogP contribution in [-0.4, -0.2) is 7.11 Å². The van der Waals surface area contributed by atoms with Gasteiger partial charge in [0.15, 0.2) is 0 Å². The Labute approximate surface area is 65.6 Å². The second-order valence-electron chi connectivity index (χ2n) is 1.89. The maximum absolute atomic E-state index is 4.86. The minimum atomic E-state index is 1.03. The third kappa shape index (κ3) is 2.05. The molecule has 0 aromatic heterocycles. The van der Waals surface area contributed by atoms with Gasteiger partial charge in [0.05, 0.1) is 7.11 Å². The summed E-state index contributed by atoms with van der Waals surface area (Å²) in [7, 11) is 1.66. The summed E-state index contributed by atoms with van der Waals surface area (Å²) in [6.45, 7) is 3.77. The highest BCUT2D eigenvalue weighted by molar-refractivity contribution is 7.94. The van der Waals surface area contributed by atoms with E-state index in [4.69, 9.17) is 4.18 Å². The van der Waals surface area contributed by atoms with Crippen molar-refractivity contribution in [2.75, 3.05) is 7.11 Å². The zero-order valence-electron chi connectivity index (χ0n) is 5.83. The topological polar surface area (TPSA) is 9.23 Å². The molecular formula is C8H9OS. The molecule has 0 amide bonds. The van der Waals surface area contributed by atoms with Crippen LogP contribution in [0.1, 0.15) is 5.56 Å². The Kier molecular flexibility index (Phi) is 2.78. The van der Waals surface area contributed by atoms with Crippen molar-refractivity contribution in [3.05, 3.63) is 36.8 Å². The fourth-order valence-corrected chi connectivity index (χ4v) is 1.08. The van der Waals surface area contributed by atoms with Gasteiger partial charge in [0.25, 0.3) is 0 Å². The van der Waals surface area contributed by atoms with Crippen LogP contribution < -0.4 is 0 Å². The fourth-order valence-electron chi connectivity index (χ4n) is 0.641. The molecule has 0 atom stereocenters. The lowest BCUT2D eigenvalue weighted by Gasteiger charge is -1.96. The maximum atomic E-state index is 4.86. The first-order valence-corrected chi connectivity index (χ1v) is 3.70. The van der Waals surface area contributed by atoms with Gasteiger partial charge in [0.2, 0.25) is 0 Å². The summed E-state index contributed by atoms with van der Waals surface area (Å²) in [5.74, 6) is 0. The van der Waals surface area contributed by atoms with E-state index in [-0.39, 0.29) is 0 Å². The molecule has 0 aliphatic heterocycles. The van der Waals surface area contributed by atoms with E-state index < -0.39 is 0 Å². The molecule has 0 saturated carbocycles. The molecule has 1 aromatic rings. The van der Waals surface area contributed by atoms with Crippen LogP contribution in [0, 0.1) is 6.92 Å². The Morgan fingerprint density at radius 1 is 1.30 bits per heavy atom. The zero-order valence-corrected chi connectivity index (χ0v) is 6.65. The lowest BCUT2D eigenvalue weighted by atomic mass is 10.2. The van der Waals surface area contributed by atoms with Gasteiger partial charge >= 0.3 is 0 Å². The second-order valence-corrected chi connectivity index (χ2v) is 2.87. The van der Waals surface area contributed by atoms with Crippen LogP contribution in [-0.2, 0) is 4.18 Å². The van der Waals surface area contributed by atoms with Crippen LogP contribution in [0.25, 0.3) is 0 Å². The molecule has 2 heteroatoms. The number of rotatable bonds is 2. The smallest absolute Gasteiger partial charge is 0.0508 e. The van der Waals surface area contributed by atoms with Crippen molar-refractivity contribution in [3.8, 4) is 0 Å². The molecular weight excluding hydrogens is 144 g/mol. The summed E-state index contributed by atoms with van der Waals surface area (Å²) >= 11 is 1.36. The highest BCUT2D eigenvalue weighted by atomic mass is 32.2. The molecule has 1 nitrogen and oxygen atoms in total. The Morgan fingerprint density at radius 2 is 1.90 bits per heavy atom. The van der Waals surface area contributed by atoms with E-state index in [1.807, 2.05) is 24.3 Å². The highest BCUT2D eigenvalue weighted by Gasteiger charge is 1.89. The normalized spacial score (nSPS) is 9.80. The lowest BCUT2D eigenvalue weighted by molar-refractivity contribution is 0.490. The van der Waals surface area contributed by atoms with Gasteiger partial charge in [-0.1, -0.05) is 12.1 Å². The quantitative estimate of drug-likeness (QED) is 0.604. The SMILES string of the molecule is [CH2]c1ccc(SOC)cc1. The van der Waals surface area contributed by atoms with Crippen LogP contribution in [0.5, 0.6) is 0 Å². The van der Waals surface area contributed by atoms with E-state index in [0.717, 1.165) is 10.5 Å². The minimum Gasteiger partial charge on any atom is -0.314 e. The largest absolute Gasteiger partial charge is 0.314 e. The minimum absolute atomic E-state index is 1.03. The zero-order chi connectivity index (χ0) is 7.40. The van der Waals surface area contributed by atoms with Gasteiger partial charge in [-0.2, -0.15) is 0 Å². The van der Waals surface area contributed by atoms with E-state index in [1.54, 1.807) is 7.11 Å². The van der Waals surface area contributed by atoms with Gasteiger partial charge in [-0.05, 0) is 24.6 Å². The maximum Gasteiger partial charge on any atom is 0.0508 e. The van der Waals surface area contributed by atoms with Crippen molar-refractivity contribution in [1.82, 2.24) is 0 Å². The van der Waals surface area contributed by atoms with Gasteiger partial charge in [0.1, 0.15) is 0 Å². The molecule has 0 N–H and O–H groups in total. The van der Waals surface area contributed by atoms with Crippen molar-refractivity contribution in [2.45, 2.75) is 4.90 Å². The van der Waals surface area contributed by atoms with Gasteiger partial charge < -0.3 is 4.18 Å². The molecule has 0 fully saturated rings. The molecule has 53 valence electrons. The van der Waals surface area contributed by atoms with Crippen molar-refractivity contribution in [1.29, 1.82) is 0 Å². The van der Waals surface area contributed by atoms with Crippen LogP contribution in [0.4, 0.5) is 0 Å². The standard InChI is InChI=1S/C8H9OS/c1-7-3-5-8(6-4-7)10-9-2/h3-6H,1H2,2H3. The summed E-state index contributed by atoms with van der Waals surface area (Å²) in [5, 5.41) is 0. The Balaban J connectivity index is 2.69. The third-order valence-corrected chi connectivity index (χ3v) is 1.73. The highest BCUT2D eigenvalue weighted by Crippen LogP contribution is 2.17. The van der Waals surface area contributed by atoms with E-state index in [0.29, 0.717) is 0 Å². The molecule has 0 heterocycles. The van der Waals surface area contributed by atoms with Crippen molar-refractivity contribution >= 4 is 12.0 Å². The Bertz CT molecular complexity index is 193. The van der Waals surface area contributed by atoms with Crippen LogP contribution in [0.15, 0.2) is 29.2 Å². The van der Waals surface area contributed by atoms with Crippen molar-refractivity contribution < 1.29 is 4.18 Å². The summed E-state index contributed by atoms with van der Waals surface area (Å²) in [5.41, 5.74) is 1.03. The number of hydrogen-bond acceptors (Lipinski definition) is 2. The molecule has 0 saturated heterocycles. The molecule has 0 aliphatic carbocycles. The van der Waals surface area contributed by atoms with E-state index in [9.17, 15) is 0 Å². The molecule has 0 aliphatic rings. The lowest BCUT2D eigenvalue weighted by Crippen LogP contribution is -1.73. The third-order valence-electron chi connectivity index (χ3n) is 1.10.